The molecule has 5 rings (SSSR count). The van der Waals surface area contributed by atoms with Crippen LogP contribution >= 0.6 is 69.6 Å². The van der Waals surface area contributed by atoms with E-state index in [0.717, 1.165) is 12.0 Å². The van der Waals surface area contributed by atoms with Crippen LogP contribution in [0.2, 0.25) is 0 Å². The zero-order valence-electron chi connectivity index (χ0n) is 26.4. The number of aliphatic hydroxyl groups excluding tert-OH is 1. The van der Waals surface area contributed by atoms with Gasteiger partial charge in [-0.05, 0) is 23.4 Å². The van der Waals surface area contributed by atoms with E-state index in [1.165, 1.54) is 4.90 Å². The summed E-state index contributed by atoms with van der Waals surface area (Å²) in [7, 11) is -4.69. The fraction of sp³-hybridized carbons (Fsp3) is 0.615. The van der Waals surface area contributed by atoms with Crippen molar-refractivity contribution in [2.75, 3.05) is 32.9 Å². The molecule has 0 radical (unpaired) electrons. The largest absolute Gasteiger partial charge is 0.492 e. The molecule has 1 spiro atoms. The van der Waals surface area contributed by atoms with Crippen LogP contribution in [0.3, 0.4) is 0 Å². The van der Waals surface area contributed by atoms with Crippen LogP contribution in [0.4, 0.5) is 4.79 Å². The molecule has 25 heteroatoms. The highest BCUT2D eigenvalue weighted by Gasteiger charge is 2.66. The second-order valence-corrected chi connectivity index (χ2v) is 18.7. The molecule has 4 aliphatic rings. The first-order chi connectivity index (χ1) is 23.7. The number of benzene rings is 1. The molecule has 1 saturated heterocycles. The molecule has 51 heavy (non-hydrogen) atoms. The first kappa shape index (κ1) is 39.6. The number of aliphatic hydroxyl groups is 1. The third kappa shape index (κ3) is 8.80. The number of guanidine groups is 2. The highest BCUT2D eigenvalue weighted by atomic mass is 35.6. The smallest absolute Gasteiger partial charge is 0.414 e. The average Bonchev–Trinajstić information content (AvgIpc) is 3.53. The number of azide groups is 1. The summed E-state index contributed by atoms with van der Waals surface area (Å²) >= 11 is 34.1. The van der Waals surface area contributed by atoms with Crippen LogP contribution in [-0.4, -0.2) is 113 Å². The van der Waals surface area contributed by atoms with Crippen LogP contribution < -0.4 is 25.4 Å². The Morgan fingerprint density at radius 2 is 1.90 bits per heavy atom. The van der Waals surface area contributed by atoms with Gasteiger partial charge >= 0.3 is 16.4 Å². The average molecular weight is 855 g/mol. The van der Waals surface area contributed by atoms with Crippen molar-refractivity contribution in [2.45, 2.75) is 63.2 Å². The maximum absolute atomic E-state index is 13.9. The predicted octanol–water partition coefficient (Wildman–Crippen LogP) is 2.91. The number of rotatable bonds is 8. The number of hydrogen-bond donors (Lipinski definition) is 5. The normalized spacial score (nSPS) is 26.5. The molecular weight excluding hydrogens is 825 g/mol. The fourth-order valence-corrected chi connectivity index (χ4v) is 7.41. The van der Waals surface area contributed by atoms with Gasteiger partial charge in [0.15, 0.2) is 5.66 Å². The molecule has 2 amide bonds. The van der Waals surface area contributed by atoms with E-state index in [9.17, 15) is 23.1 Å². The topological polar surface area (TPSA) is 241 Å². The Labute approximate surface area is 321 Å². The molecule has 1 aromatic carbocycles. The van der Waals surface area contributed by atoms with E-state index in [0.29, 0.717) is 12.4 Å². The lowest BCUT2D eigenvalue weighted by Crippen LogP contribution is -2.73. The number of carbonyl (C=O) groups excluding carboxylic acids is 2. The Hall–Kier alpha value is -2.58. The van der Waals surface area contributed by atoms with Crippen molar-refractivity contribution in [3.63, 3.8) is 0 Å². The van der Waals surface area contributed by atoms with Crippen molar-refractivity contribution in [3.05, 3.63) is 39.8 Å². The van der Waals surface area contributed by atoms with Crippen molar-refractivity contribution in [1.82, 2.24) is 25.6 Å². The number of ether oxygens (including phenoxy) is 2. The van der Waals surface area contributed by atoms with E-state index < -0.39 is 79.0 Å². The lowest BCUT2D eigenvalue weighted by atomic mass is 9.79. The number of halogens is 6. The Morgan fingerprint density at radius 1 is 1.20 bits per heavy atom. The number of alkyl halides is 6. The third-order valence-electron chi connectivity index (χ3n) is 8.39. The van der Waals surface area contributed by atoms with Crippen molar-refractivity contribution >= 4 is 104 Å². The molecule has 4 heterocycles. The van der Waals surface area contributed by atoms with E-state index in [1.54, 1.807) is 12.1 Å². The standard InChI is InChI=1S/C26H30Cl6N10O8S/c1-23(2)6-7-48-16-12(4-3-5-13(16)23)19(44)35-15-9-42-21(38-22(45)49-10-24(27,28)29)36-14(8-34-41-33)17-26(42,18(15)43)39-20(37-17)40-51(46,47)50-11-25(30,31)32/h3-5,14-15,17-18,43H,6-11H2,1-2H3,(H,35,44)(H,36,38,45)(H2,37,39,40)/t14-,15-,17-,18-,26-/m0/s1. The quantitative estimate of drug-likeness (QED) is 0.111. The molecule has 1 aromatic rings. The van der Waals surface area contributed by atoms with Crippen molar-refractivity contribution in [1.29, 1.82) is 0 Å². The molecular formula is C26H30Cl6N10O8S. The highest BCUT2D eigenvalue weighted by Crippen LogP contribution is 2.43. The van der Waals surface area contributed by atoms with E-state index in [-0.39, 0.29) is 30.0 Å². The first-order valence-corrected chi connectivity index (χ1v) is 18.6. The van der Waals surface area contributed by atoms with Gasteiger partial charge in [-0.15, -0.1) is 0 Å². The second-order valence-electron chi connectivity index (χ2n) is 12.4. The van der Waals surface area contributed by atoms with Gasteiger partial charge in [0.05, 0.1) is 30.8 Å². The lowest BCUT2D eigenvalue weighted by Gasteiger charge is -2.46. The molecule has 5 atom stereocenters. The van der Waals surface area contributed by atoms with Crippen LogP contribution in [0.5, 0.6) is 5.75 Å². The number of fused-ring (bicyclic) bond motifs is 1. The minimum Gasteiger partial charge on any atom is -0.492 e. The predicted molar refractivity (Wildman–Crippen MR) is 189 cm³/mol. The zero-order chi connectivity index (χ0) is 37.6. The van der Waals surface area contributed by atoms with Crippen LogP contribution in [0.15, 0.2) is 33.3 Å². The minimum absolute atomic E-state index is 0.213. The van der Waals surface area contributed by atoms with Crippen LogP contribution in [-0.2, 0) is 24.6 Å². The summed E-state index contributed by atoms with van der Waals surface area (Å²) in [6, 6.07) is 1.69. The van der Waals surface area contributed by atoms with Crippen molar-refractivity contribution in [2.24, 2.45) is 15.1 Å². The Morgan fingerprint density at radius 3 is 2.57 bits per heavy atom. The number of carbonyl (C=O) groups is 2. The van der Waals surface area contributed by atoms with Gasteiger partial charge < -0.3 is 30.1 Å². The number of alkyl carbamates (subject to hydrolysis) is 1. The van der Waals surface area contributed by atoms with Gasteiger partial charge in [0.25, 0.3) is 5.91 Å². The fourth-order valence-electron chi connectivity index (χ4n) is 6.16. The van der Waals surface area contributed by atoms with Gasteiger partial charge in [-0.2, -0.15) is 8.42 Å². The van der Waals surface area contributed by atoms with Gasteiger partial charge in [0.1, 0.15) is 31.1 Å². The van der Waals surface area contributed by atoms with E-state index in [4.69, 9.17) is 88.8 Å². The molecule has 0 unspecified atom stereocenters. The number of nitrogens with zero attached hydrogens (tertiary/aromatic N) is 6. The zero-order valence-corrected chi connectivity index (χ0v) is 31.8. The minimum atomic E-state index is -4.69. The lowest BCUT2D eigenvalue weighted by molar-refractivity contribution is 0.0138. The maximum atomic E-state index is 13.9. The monoisotopic (exact) mass is 852 g/mol. The maximum Gasteiger partial charge on any atom is 0.414 e. The summed E-state index contributed by atoms with van der Waals surface area (Å²) in [6.45, 7) is 2.31. The number of aliphatic imine (C=N–C) groups is 2. The second kappa shape index (κ2) is 14.7. The number of amides is 2. The number of para-hydroxylation sites is 1. The molecule has 0 saturated carbocycles. The van der Waals surface area contributed by atoms with Crippen LogP contribution in [0, 0.1) is 0 Å². The van der Waals surface area contributed by atoms with E-state index >= 15 is 0 Å². The van der Waals surface area contributed by atoms with Gasteiger partial charge in [-0.1, -0.05) is 101 Å². The van der Waals surface area contributed by atoms with Crippen LogP contribution in [0.25, 0.3) is 10.4 Å². The van der Waals surface area contributed by atoms with E-state index in [2.05, 4.69) is 40.7 Å². The number of nitrogens with one attached hydrogen (secondary N) is 4. The molecule has 0 bridgehead atoms. The third-order valence-corrected chi connectivity index (χ3v) is 9.92. The summed E-state index contributed by atoms with van der Waals surface area (Å²) in [5, 5.41) is 23.7. The van der Waals surface area contributed by atoms with Gasteiger partial charge in [0, 0.05) is 17.0 Å². The highest BCUT2D eigenvalue weighted by molar-refractivity contribution is 7.85. The molecule has 5 N–H and O–H groups in total. The van der Waals surface area contributed by atoms with Crippen molar-refractivity contribution in [3.8, 4) is 5.75 Å². The van der Waals surface area contributed by atoms with Gasteiger partial charge in [-0.3, -0.25) is 10.1 Å². The SMILES string of the molecule is CC1(C)CCOc2c(C(=O)N[C@H]3CN4C(NC(=O)OCC(Cl)(Cl)Cl)=N[C@@H](CN=[N+]=[N-])[C@@H]5N=C(NS(=O)(=O)OCC(Cl)(Cl)Cl)N[C@@]54[C@H]3O)cccc21. The molecule has 1 fully saturated rings. The Balaban J connectivity index is 1.50. The van der Waals surface area contributed by atoms with Gasteiger partial charge in [-0.25, -0.2) is 23.7 Å². The van der Waals surface area contributed by atoms with Gasteiger partial charge in [0.2, 0.25) is 19.5 Å². The summed E-state index contributed by atoms with van der Waals surface area (Å²) in [4.78, 5) is 39.7. The summed E-state index contributed by atoms with van der Waals surface area (Å²) in [6.07, 6.45) is -2.02. The molecule has 0 aromatic heterocycles. The molecule has 0 aliphatic carbocycles. The molecule has 4 aliphatic heterocycles. The summed E-state index contributed by atoms with van der Waals surface area (Å²) in [5.74, 6) is -0.915. The number of hydrogen-bond acceptors (Lipinski definition) is 13. The van der Waals surface area contributed by atoms with Crippen LogP contribution in [0.1, 0.15) is 36.2 Å². The van der Waals surface area contributed by atoms with Crippen molar-refractivity contribution < 1.29 is 36.8 Å². The summed E-state index contributed by atoms with van der Waals surface area (Å²) in [5.41, 5.74) is 8.02. The molecule has 18 nitrogen and oxygen atoms in total. The van der Waals surface area contributed by atoms with E-state index in [1.807, 2.05) is 19.9 Å². The Kier molecular flexibility index (Phi) is 11.4. The first-order valence-electron chi connectivity index (χ1n) is 14.9. The molecule has 280 valence electrons. The summed E-state index contributed by atoms with van der Waals surface area (Å²) < 4.78 is 39.2. The Bertz CT molecular complexity index is 1790.